The van der Waals surface area contributed by atoms with Gasteiger partial charge in [0.15, 0.2) is 5.69 Å². The van der Waals surface area contributed by atoms with Gasteiger partial charge in [-0.15, -0.1) is 10.2 Å². The molecule has 0 saturated heterocycles. The first-order valence-corrected chi connectivity index (χ1v) is 9.29. The molecule has 0 aliphatic rings. The predicted molar refractivity (Wildman–Crippen MR) is 103 cm³/mol. The highest BCUT2D eigenvalue weighted by Crippen LogP contribution is 2.38. The molecule has 0 aliphatic heterocycles. The van der Waals surface area contributed by atoms with Gasteiger partial charge in [0.05, 0.1) is 31.7 Å². The Morgan fingerprint density at radius 3 is 2.52 bits per heavy atom. The number of fused-ring (bicyclic) bond motifs is 1. The molecule has 0 atom stereocenters. The fourth-order valence-electron chi connectivity index (χ4n) is 2.93. The lowest BCUT2D eigenvalue weighted by molar-refractivity contribution is -0.897. The Balaban J connectivity index is 2.32. The maximum Gasteiger partial charge on any atom is 0.353 e. The summed E-state index contributed by atoms with van der Waals surface area (Å²) >= 11 is 0. The molecule has 0 saturated carbocycles. The summed E-state index contributed by atoms with van der Waals surface area (Å²) in [5.41, 5.74) is 1.01. The number of nitrogens with one attached hydrogen (secondary N) is 2. The van der Waals surface area contributed by atoms with Crippen molar-refractivity contribution in [2.45, 2.75) is 40.3 Å². The molecule has 1 aromatic carbocycles. The fourth-order valence-corrected chi connectivity index (χ4v) is 2.93. The number of rotatable bonds is 7. The van der Waals surface area contributed by atoms with Gasteiger partial charge in [-0.25, -0.2) is 0 Å². The van der Waals surface area contributed by atoms with Crippen LogP contribution in [0.2, 0.25) is 0 Å². The highest BCUT2D eigenvalue weighted by molar-refractivity contribution is 6.35. The van der Waals surface area contributed by atoms with Crippen molar-refractivity contribution in [2.75, 3.05) is 19.6 Å². The van der Waals surface area contributed by atoms with Crippen LogP contribution in [0.3, 0.4) is 0 Å². The second-order valence-electron chi connectivity index (χ2n) is 6.68. The number of aromatic hydroxyl groups is 1. The molecule has 146 valence electrons. The van der Waals surface area contributed by atoms with Crippen molar-refractivity contribution in [3.05, 3.63) is 24.3 Å². The fraction of sp³-hybridized carbons (Fsp3) is 0.474. The van der Waals surface area contributed by atoms with Crippen molar-refractivity contribution in [1.29, 1.82) is 0 Å². The van der Waals surface area contributed by atoms with Gasteiger partial charge in [-0.2, -0.15) is 0 Å². The number of carbonyl (C=O) groups excluding carboxylic acids is 2. The lowest BCUT2D eigenvalue weighted by Crippen LogP contribution is -3.11. The van der Waals surface area contributed by atoms with E-state index in [1.54, 1.807) is 18.4 Å². The van der Waals surface area contributed by atoms with Gasteiger partial charge < -0.3 is 19.9 Å². The highest BCUT2D eigenvalue weighted by Gasteiger charge is 2.19. The maximum atomic E-state index is 11.8. The minimum atomic E-state index is -0.993. The normalized spacial score (nSPS) is 11.8. The average molecular weight is 374 g/mol. The van der Waals surface area contributed by atoms with Crippen LogP contribution in [0, 0.1) is 0 Å². The van der Waals surface area contributed by atoms with Gasteiger partial charge in [-0.3, -0.25) is 9.59 Å². The summed E-state index contributed by atoms with van der Waals surface area (Å²) in [5, 5.41) is 21.2. The SMILES string of the molecule is CC[NH+](CC)CCn1c(O)c(N=NC(=O)C(=O)NC(C)C)c2ccccc21. The van der Waals surface area contributed by atoms with E-state index in [0.717, 1.165) is 25.2 Å². The van der Waals surface area contributed by atoms with Crippen molar-refractivity contribution in [3.63, 3.8) is 0 Å². The summed E-state index contributed by atoms with van der Waals surface area (Å²) in [6, 6.07) is 7.23. The van der Waals surface area contributed by atoms with Crippen molar-refractivity contribution >= 4 is 28.4 Å². The van der Waals surface area contributed by atoms with Crippen molar-refractivity contribution in [3.8, 4) is 5.88 Å². The first-order chi connectivity index (χ1) is 12.9. The van der Waals surface area contributed by atoms with E-state index < -0.39 is 11.8 Å². The summed E-state index contributed by atoms with van der Waals surface area (Å²) in [6.07, 6.45) is 0. The number of aromatic nitrogens is 1. The van der Waals surface area contributed by atoms with Gasteiger partial charge in [0.2, 0.25) is 5.88 Å². The van der Waals surface area contributed by atoms with E-state index in [4.69, 9.17) is 0 Å². The third-order valence-electron chi connectivity index (χ3n) is 4.46. The Bertz CT molecular complexity index is 837. The topological polar surface area (TPSA) is 100 Å². The summed E-state index contributed by atoms with van der Waals surface area (Å²) in [5.74, 6) is -1.86. The van der Waals surface area contributed by atoms with Gasteiger partial charge in [-0.05, 0) is 33.8 Å². The zero-order chi connectivity index (χ0) is 20.0. The third-order valence-corrected chi connectivity index (χ3v) is 4.46. The molecule has 1 aromatic heterocycles. The summed E-state index contributed by atoms with van der Waals surface area (Å²) in [6.45, 7) is 11.2. The molecular formula is C19H28N5O3+. The molecule has 2 amide bonds. The summed E-state index contributed by atoms with van der Waals surface area (Å²) in [4.78, 5) is 24.9. The lowest BCUT2D eigenvalue weighted by atomic mass is 10.2. The molecule has 8 nitrogen and oxygen atoms in total. The summed E-state index contributed by atoms with van der Waals surface area (Å²) in [7, 11) is 0. The Hall–Kier alpha value is -2.74. The van der Waals surface area contributed by atoms with E-state index in [1.807, 2.05) is 24.3 Å². The quantitative estimate of drug-likeness (QED) is 0.504. The van der Waals surface area contributed by atoms with Crippen LogP contribution >= 0.6 is 0 Å². The first kappa shape index (κ1) is 20.6. The Kier molecular flexibility index (Phi) is 7.06. The number of amides is 2. The molecule has 2 rings (SSSR count). The van der Waals surface area contributed by atoms with Crippen LogP contribution < -0.4 is 10.2 Å². The molecule has 0 spiro atoms. The van der Waals surface area contributed by atoms with E-state index in [1.165, 1.54) is 4.90 Å². The Morgan fingerprint density at radius 1 is 1.22 bits per heavy atom. The molecule has 0 radical (unpaired) electrons. The molecule has 3 N–H and O–H groups in total. The lowest BCUT2D eigenvalue weighted by Gasteiger charge is -2.16. The van der Waals surface area contributed by atoms with E-state index in [9.17, 15) is 14.7 Å². The number of quaternary nitrogens is 1. The maximum absolute atomic E-state index is 11.8. The molecule has 0 aliphatic carbocycles. The molecule has 2 aromatic rings. The van der Waals surface area contributed by atoms with Crippen LogP contribution in [0.15, 0.2) is 34.5 Å². The van der Waals surface area contributed by atoms with E-state index in [2.05, 4.69) is 29.4 Å². The van der Waals surface area contributed by atoms with Crippen LogP contribution in [0.5, 0.6) is 5.88 Å². The van der Waals surface area contributed by atoms with Gasteiger partial charge in [0.1, 0.15) is 0 Å². The number of likely N-dealkylation sites (N-methyl/N-ethyl adjacent to an activating group) is 1. The van der Waals surface area contributed by atoms with Crippen LogP contribution in [-0.4, -0.2) is 47.2 Å². The van der Waals surface area contributed by atoms with Gasteiger partial charge in [0, 0.05) is 11.4 Å². The number of carbonyl (C=O) groups is 2. The molecular weight excluding hydrogens is 346 g/mol. The summed E-state index contributed by atoms with van der Waals surface area (Å²) < 4.78 is 1.77. The number of hydrogen-bond acceptors (Lipinski definition) is 4. The number of hydrogen-bond donors (Lipinski definition) is 3. The number of nitrogens with zero attached hydrogens (tertiary/aromatic N) is 3. The number of azo groups is 1. The zero-order valence-corrected chi connectivity index (χ0v) is 16.3. The second-order valence-corrected chi connectivity index (χ2v) is 6.68. The Morgan fingerprint density at radius 2 is 1.89 bits per heavy atom. The van der Waals surface area contributed by atoms with E-state index >= 15 is 0 Å². The monoisotopic (exact) mass is 374 g/mol. The van der Waals surface area contributed by atoms with Crippen molar-refractivity contribution in [2.24, 2.45) is 10.2 Å². The van der Waals surface area contributed by atoms with Gasteiger partial charge in [0.25, 0.3) is 0 Å². The largest absolute Gasteiger partial charge is 0.493 e. The van der Waals surface area contributed by atoms with Crippen LogP contribution in [0.4, 0.5) is 5.69 Å². The Labute approximate surface area is 158 Å². The smallest absolute Gasteiger partial charge is 0.353 e. The minimum Gasteiger partial charge on any atom is -0.493 e. The minimum absolute atomic E-state index is 0.0522. The van der Waals surface area contributed by atoms with Gasteiger partial charge >= 0.3 is 11.8 Å². The second kappa shape index (κ2) is 9.27. The van der Waals surface area contributed by atoms with Crippen molar-refractivity contribution < 1.29 is 19.6 Å². The van der Waals surface area contributed by atoms with E-state index in [-0.39, 0.29) is 17.6 Å². The number of benzene rings is 1. The highest BCUT2D eigenvalue weighted by atomic mass is 16.3. The standard InChI is InChI=1S/C19H27N5O3/c1-5-23(6-2)11-12-24-15-10-8-7-9-14(15)16(19(24)27)21-22-18(26)17(25)20-13(3)4/h7-10,13,27H,5-6,11-12H2,1-4H3,(H,20,25)/p+1. The first-order valence-electron chi connectivity index (χ1n) is 9.29. The zero-order valence-electron chi connectivity index (χ0n) is 16.3. The predicted octanol–water partition coefficient (Wildman–Crippen LogP) is 1.41. The van der Waals surface area contributed by atoms with Crippen molar-refractivity contribution in [1.82, 2.24) is 9.88 Å². The van der Waals surface area contributed by atoms with Crippen LogP contribution in [0.1, 0.15) is 27.7 Å². The molecule has 0 unspecified atom stereocenters. The molecule has 27 heavy (non-hydrogen) atoms. The van der Waals surface area contributed by atoms with E-state index in [0.29, 0.717) is 11.9 Å². The third kappa shape index (κ3) is 4.91. The van der Waals surface area contributed by atoms with Crippen LogP contribution in [0.25, 0.3) is 10.9 Å². The van der Waals surface area contributed by atoms with Crippen LogP contribution in [-0.2, 0) is 16.1 Å². The molecule has 0 bridgehead atoms. The number of para-hydroxylation sites is 1. The average Bonchev–Trinajstić information content (AvgIpc) is 2.91. The molecule has 8 heteroatoms. The molecule has 0 fully saturated rings. The molecule has 1 heterocycles. The van der Waals surface area contributed by atoms with Gasteiger partial charge in [-0.1, -0.05) is 18.2 Å².